The van der Waals surface area contributed by atoms with Crippen LogP contribution in [-0.4, -0.2) is 74.9 Å². The van der Waals surface area contributed by atoms with Crippen molar-refractivity contribution in [1.82, 2.24) is 24.6 Å². The summed E-state index contributed by atoms with van der Waals surface area (Å²) in [5, 5.41) is 11.1. The summed E-state index contributed by atoms with van der Waals surface area (Å²) in [7, 11) is 1.86. The van der Waals surface area contributed by atoms with Crippen molar-refractivity contribution in [3.05, 3.63) is 52.5 Å². The van der Waals surface area contributed by atoms with E-state index in [1.165, 1.54) is 23.1 Å². The van der Waals surface area contributed by atoms with Crippen LogP contribution in [-0.2, 0) is 11.8 Å². The summed E-state index contributed by atoms with van der Waals surface area (Å²) in [4.78, 5) is 29.6. The highest BCUT2D eigenvalue weighted by Crippen LogP contribution is 2.35. The molecule has 0 saturated carbocycles. The Bertz CT molecular complexity index is 1140. The Morgan fingerprint density at radius 2 is 1.82 bits per heavy atom. The zero-order valence-corrected chi connectivity index (χ0v) is 19.7. The van der Waals surface area contributed by atoms with Gasteiger partial charge >= 0.3 is 0 Å². The monoisotopic (exact) mass is 485 g/mol. The molecular formula is C22H23N5O4S2. The summed E-state index contributed by atoms with van der Waals surface area (Å²) in [6, 6.07) is 11.2. The van der Waals surface area contributed by atoms with Gasteiger partial charge in [0.25, 0.3) is 5.91 Å². The van der Waals surface area contributed by atoms with Crippen molar-refractivity contribution in [3.63, 3.8) is 0 Å². The van der Waals surface area contributed by atoms with Gasteiger partial charge in [-0.15, -0.1) is 21.5 Å². The van der Waals surface area contributed by atoms with Gasteiger partial charge in [0.15, 0.2) is 28.6 Å². The second kappa shape index (κ2) is 9.44. The first-order valence-electron chi connectivity index (χ1n) is 10.6. The van der Waals surface area contributed by atoms with E-state index < -0.39 is 0 Å². The summed E-state index contributed by atoms with van der Waals surface area (Å²) in [5.41, 5.74) is 0. The smallest absolute Gasteiger partial charge is 0.264 e. The van der Waals surface area contributed by atoms with Gasteiger partial charge in [-0.2, -0.15) is 0 Å². The Kier molecular flexibility index (Phi) is 6.23. The quantitative estimate of drug-likeness (QED) is 0.513. The summed E-state index contributed by atoms with van der Waals surface area (Å²) >= 11 is 2.79. The third-order valence-corrected chi connectivity index (χ3v) is 7.50. The molecule has 5 rings (SSSR count). The number of piperazine rings is 1. The fourth-order valence-electron chi connectivity index (χ4n) is 3.81. The van der Waals surface area contributed by atoms with Crippen molar-refractivity contribution in [1.29, 1.82) is 0 Å². The number of hydrogen-bond acceptors (Lipinski definition) is 8. The number of thiophene rings is 1. The number of fused-ring (bicyclic) bond motifs is 1. The average Bonchev–Trinajstić information content (AvgIpc) is 3.52. The van der Waals surface area contributed by atoms with Crippen molar-refractivity contribution >= 4 is 34.9 Å². The van der Waals surface area contributed by atoms with Gasteiger partial charge < -0.3 is 23.8 Å². The van der Waals surface area contributed by atoms with Crippen LogP contribution in [0.3, 0.4) is 0 Å². The zero-order valence-electron chi connectivity index (χ0n) is 18.0. The van der Waals surface area contributed by atoms with Crippen LogP contribution in [0.4, 0.5) is 0 Å². The molecule has 0 spiro atoms. The molecule has 0 radical (unpaired) electrons. The van der Waals surface area contributed by atoms with E-state index >= 15 is 0 Å². The number of carbonyl (C=O) groups excluding carboxylic acids is 2. The number of carbonyl (C=O) groups is 2. The molecule has 3 aromatic rings. The van der Waals surface area contributed by atoms with Gasteiger partial charge in [0.05, 0.1) is 10.6 Å². The number of amides is 2. The highest BCUT2D eigenvalue weighted by Gasteiger charge is 2.29. The van der Waals surface area contributed by atoms with E-state index in [1.807, 2.05) is 58.3 Å². The summed E-state index contributed by atoms with van der Waals surface area (Å²) in [6.45, 7) is 2.50. The lowest BCUT2D eigenvalue weighted by Gasteiger charge is -2.34. The maximum Gasteiger partial charge on any atom is 0.264 e. The first-order valence-corrected chi connectivity index (χ1v) is 12.5. The molecule has 2 aromatic heterocycles. The second-order valence-electron chi connectivity index (χ2n) is 7.70. The molecule has 172 valence electrons. The number of nitrogens with zero attached hydrogens (tertiary/aromatic N) is 5. The van der Waals surface area contributed by atoms with E-state index in [0.717, 1.165) is 4.88 Å². The standard InChI is InChI=1S/C22H23N5O4S2/c1-25-20(17-13-30-15-5-2-3-6-16(15)31-17)23-24-22(25)33-14-19(28)26-8-10-27(11-9-26)21(29)18-7-4-12-32-18/h2-7,12,17H,8-11,13-14H2,1H3. The highest BCUT2D eigenvalue weighted by molar-refractivity contribution is 7.99. The average molecular weight is 486 g/mol. The first kappa shape index (κ1) is 21.8. The maximum atomic E-state index is 12.7. The van der Waals surface area contributed by atoms with Crippen LogP contribution in [0.5, 0.6) is 11.5 Å². The molecule has 2 aliphatic rings. The lowest BCUT2D eigenvalue weighted by atomic mass is 10.2. The van der Waals surface area contributed by atoms with Gasteiger partial charge in [0.2, 0.25) is 5.91 Å². The molecule has 1 saturated heterocycles. The Balaban J connectivity index is 1.14. The minimum atomic E-state index is -0.364. The molecule has 2 aliphatic heterocycles. The number of ether oxygens (including phenoxy) is 2. The molecule has 0 aliphatic carbocycles. The Labute approximate surface area is 199 Å². The fraction of sp³-hybridized carbons (Fsp3) is 0.364. The summed E-state index contributed by atoms with van der Waals surface area (Å²) in [5.74, 6) is 2.37. The molecule has 1 aromatic carbocycles. The van der Waals surface area contributed by atoms with E-state index in [-0.39, 0.29) is 23.7 Å². The SMILES string of the molecule is Cn1c(SCC(=O)N2CCN(C(=O)c3cccs3)CC2)nnc1C1COc2ccccc2O1. The molecule has 2 amide bonds. The number of benzene rings is 1. The van der Waals surface area contributed by atoms with Crippen LogP contribution in [0.25, 0.3) is 0 Å². The second-order valence-corrected chi connectivity index (χ2v) is 9.59. The zero-order chi connectivity index (χ0) is 22.8. The third kappa shape index (κ3) is 4.55. The number of rotatable bonds is 5. The van der Waals surface area contributed by atoms with Crippen LogP contribution >= 0.6 is 23.1 Å². The number of para-hydroxylation sites is 2. The fourth-order valence-corrected chi connectivity index (χ4v) is 5.32. The van der Waals surface area contributed by atoms with Crippen molar-refractivity contribution < 1.29 is 19.1 Å². The third-order valence-electron chi connectivity index (χ3n) is 5.64. The molecule has 33 heavy (non-hydrogen) atoms. The van der Waals surface area contributed by atoms with Gasteiger partial charge in [-0.1, -0.05) is 30.0 Å². The van der Waals surface area contributed by atoms with Crippen molar-refractivity contribution in [2.75, 3.05) is 38.5 Å². The lowest BCUT2D eigenvalue weighted by Crippen LogP contribution is -2.51. The van der Waals surface area contributed by atoms with Crippen LogP contribution in [0.15, 0.2) is 46.9 Å². The summed E-state index contributed by atoms with van der Waals surface area (Å²) < 4.78 is 13.6. The van der Waals surface area contributed by atoms with Gasteiger partial charge in [-0.05, 0) is 23.6 Å². The molecule has 0 bridgehead atoms. The van der Waals surface area contributed by atoms with E-state index in [0.29, 0.717) is 55.3 Å². The molecular weight excluding hydrogens is 462 g/mol. The van der Waals surface area contributed by atoms with Gasteiger partial charge in [-0.3, -0.25) is 9.59 Å². The van der Waals surface area contributed by atoms with Gasteiger partial charge in [0.1, 0.15) is 6.61 Å². The molecule has 4 heterocycles. The largest absolute Gasteiger partial charge is 0.485 e. The molecule has 9 nitrogen and oxygen atoms in total. The normalized spacial score (nSPS) is 17.8. The minimum absolute atomic E-state index is 0.0268. The van der Waals surface area contributed by atoms with Gasteiger partial charge in [0, 0.05) is 33.2 Å². The lowest BCUT2D eigenvalue weighted by molar-refractivity contribution is -0.129. The topological polar surface area (TPSA) is 89.8 Å². The van der Waals surface area contributed by atoms with E-state index in [9.17, 15) is 9.59 Å². The Morgan fingerprint density at radius 1 is 1.06 bits per heavy atom. The van der Waals surface area contributed by atoms with E-state index in [1.54, 1.807) is 4.90 Å². The Hall–Kier alpha value is -3.05. The minimum Gasteiger partial charge on any atom is -0.485 e. The predicted molar refractivity (Wildman–Crippen MR) is 124 cm³/mol. The predicted octanol–water partition coefficient (Wildman–Crippen LogP) is 2.47. The molecule has 1 atom stereocenters. The van der Waals surface area contributed by atoms with Crippen LogP contribution in [0.2, 0.25) is 0 Å². The number of aromatic nitrogens is 3. The van der Waals surface area contributed by atoms with Crippen LogP contribution in [0, 0.1) is 0 Å². The molecule has 1 unspecified atom stereocenters. The molecule has 1 fully saturated rings. The first-order chi connectivity index (χ1) is 16.1. The number of thioether (sulfide) groups is 1. The maximum absolute atomic E-state index is 12.7. The molecule has 11 heteroatoms. The van der Waals surface area contributed by atoms with E-state index in [2.05, 4.69) is 10.2 Å². The van der Waals surface area contributed by atoms with Crippen molar-refractivity contribution in [3.8, 4) is 11.5 Å². The summed E-state index contributed by atoms with van der Waals surface area (Å²) in [6.07, 6.45) is -0.364. The Morgan fingerprint density at radius 3 is 2.58 bits per heavy atom. The highest BCUT2D eigenvalue weighted by atomic mass is 32.2. The van der Waals surface area contributed by atoms with Gasteiger partial charge in [-0.25, -0.2) is 0 Å². The van der Waals surface area contributed by atoms with Crippen molar-refractivity contribution in [2.45, 2.75) is 11.3 Å². The number of hydrogen-bond donors (Lipinski definition) is 0. The van der Waals surface area contributed by atoms with E-state index in [4.69, 9.17) is 9.47 Å². The van der Waals surface area contributed by atoms with Crippen molar-refractivity contribution in [2.24, 2.45) is 7.05 Å². The van der Waals surface area contributed by atoms with Crippen LogP contribution < -0.4 is 9.47 Å². The molecule has 0 N–H and O–H groups in total. The van der Waals surface area contributed by atoms with Crippen LogP contribution in [0.1, 0.15) is 21.6 Å².